The Morgan fingerprint density at radius 1 is 0.786 bits per heavy atom. The molecule has 1 aliphatic rings. The van der Waals surface area contributed by atoms with Gasteiger partial charge in [0, 0.05) is 0 Å². The van der Waals surface area contributed by atoms with Gasteiger partial charge in [-0.1, -0.05) is 75.4 Å². The van der Waals surface area contributed by atoms with Crippen molar-refractivity contribution in [3.05, 3.63) is 70.8 Å². The predicted octanol–water partition coefficient (Wildman–Crippen LogP) is 7.59. The summed E-state index contributed by atoms with van der Waals surface area (Å²) in [4.78, 5) is 0. The Morgan fingerprint density at radius 2 is 1.39 bits per heavy atom. The average Bonchev–Trinajstić information content (AvgIpc) is 2.76. The summed E-state index contributed by atoms with van der Waals surface area (Å²) in [5.74, 6) is 1.76. The number of unbranched alkanes of at least 4 members (excludes halogenated alkanes) is 3. The number of nitrogens with zero attached hydrogens (tertiary/aromatic N) is 1. The minimum Gasteiger partial charge on any atom is -0.192 e. The molecular formula is C27H35N. The van der Waals surface area contributed by atoms with Crippen LogP contribution in [0.25, 0.3) is 0 Å². The van der Waals surface area contributed by atoms with E-state index in [9.17, 15) is 0 Å². The molecule has 3 rings (SSSR count). The van der Waals surface area contributed by atoms with Gasteiger partial charge in [0.15, 0.2) is 0 Å². The Kier molecular flexibility index (Phi) is 8.16. The van der Waals surface area contributed by atoms with E-state index in [4.69, 9.17) is 5.26 Å². The summed E-state index contributed by atoms with van der Waals surface area (Å²) in [6.45, 7) is 2.30. The van der Waals surface area contributed by atoms with Crippen LogP contribution in [0.3, 0.4) is 0 Å². The van der Waals surface area contributed by atoms with E-state index in [1.807, 2.05) is 12.1 Å². The number of nitriles is 1. The van der Waals surface area contributed by atoms with Crippen molar-refractivity contribution in [3.8, 4) is 6.07 Å². The molecule has 1 aliphatic carbocycles. The fraction of sp³-hybridized carbons (Fsp3) is 0.519. The Morgan fingerprint density at radius 3 is 1.96 bits per heavy atom. The van der Waals surface area contributed by atoms with E-state index in [2.05, 4.69) is 49.4 Å². The van der Waals surface area contributed by atoms with Crippen LogP contribution >= 0.6 is 0 Å². The van der Waals surface area contributed by atoms with Crippen molar-refractivity contribution in [2.45, 2.75) is 83.5 Å². The SMILES string of the molecule is CCCCCC[C@H]1CC[C@H](c2ccc(CCc3ccc(C#N)cc3)cc2)CC1. The third-order valence-corrected chi connectivity index (χ3v) is 6.55. The van der Waals surface area contributed by atoms with Crippen molar-refractivity contribution in [1.82, 2.24) is 0 Å². The summed E-state index contributed by atoms with van der Waals surface area (Å²) < 4.78 is 0. The van der Waals surface area contributed by atoms with Crippen LogP contribution in [0.5, 0.6) is 0 Å². The third-order valence-electron chi connectivity index (χ3n) is 6.55. The van der Waals surface area contributed by atoms with Crippen LogP contribution in [0.4, 0.5) is 0 Å². The van der Waals surface area contributed by atoms with Gasteiger partial charge in [-0.15, -0.1) is 0 Å². The van der Waals surface area contributed by atoms with Gasteiger partial charge in [0.25, 0.3) is 0 Å². The van der Waals surface area contributed by atoms with Gasteiger partial charge in [-0.05, 0) is 79.2 Å². The van der Waals surface area contributed by atoms with Crippen LogP contribution in [-0.4, -0.2) is 0 Å². The summed E-state index contributed by atoms with van der Waals surface area (Å²) >= 11 is 0. The zero-order valence-electron chi connectivity index (χ0n) is 17.5. The lowest BCUT2D eigenvalue weighted by Crippen LogP contribution is -2.13. The van der Waals surface area contributed by atoms with Crippen molar-refractivity contribution < 1.29 is 0 Å². The van der Waals surface area contributed by atoms with Gasteiger partial charge in [-0.25, -0.2) is 0 Å². The summed E-state index contributed by atoms with van der Waals surface area (Å²) in [5, 5.41) is 8.89. The van der Waals surface area contributed by atoms with Crippen LogP contribution in [-0.2, 0) is 12.8 Å². The Labute approximate surface area is 171 Å². The summed E-state index contributed by atoms with van der Waals surface area (Å²) in [6, 6.07) is 19.6. The molecule has 0 amide bonds. The molecule has 0 atom stereocenters. The minimum atomic E-state index is 0.740. The maximum absolute atomic E-state index is 8.89. The van der Waals surface area contributed by atoms with E-state index in [-0.39, 0.29) is 0 Å². The molecule has 148 valence electrons. The van der Waals surface area contributed by atoms with E-state index in [0.29, 0.717) is 0 Å². The topological polar surface area (TPSA) is 23.8 Å². The van der Waals surface area contributed by atoms with Crippen molar-refractivity contribution >= 4 is 0 Å². The Hall–Kier alpha value is -2.07. The first kappa shape index (κ1) is 20.7. The highest BCUT2D eigenvalue weighted by molar-refractivity contribution is 5.32. The Balaban J connectivity index is 1.42. The molecule has 2 aromatic carbocycles. The largest absolute Gasteiger partial charge is 0.192 e. The fourth-order valence-electron chi connectivity index (χ4n) is 4.64. The number of hydrogen-bond donors (Lipinski definition) is 0. The molecular weight excluding hydrogens is 338 g/mol. The highest BCUT2D eigenvalue weighted by atomic mass is 14.3. The number of hydrogen-bond acceptors (Lipinski definition) is 1. The summed E-state index contributed by atoms with van der Waals surface area (Å²) in [6.07, 6.45) is 14.8. The van der Waals surface area contributed by atoms with Gasteiger partial charge in [-0.2, -0.15) is 5.26 Å². The zero-order chi connectivity index (χ0) is 19.6. The molecule has 0 unspecified atom stereocenters. The standard InChI is InChI=1S/C27H35N/c1-2-3-4-5-6-22-13-17-26(18-14-22)27-19-15-24(16-20-27)8-7-23-9-11-25(21-28)12-10-23/h9-12,15-16,19-20,22,26H,2-8,13-14,17-18H2,1H3/t22-,26-. The third kappa shape index (κ3) is 6.23. The molecule has 1 saturated carbocycles. The van der Waals surface area contributed by atoms with Crippen LogP contribution in [0.1, 0.15) is 92.9 Å². The Bertz CT molecular complexity index is 727. The number of aryl methyl sites for hydroxylation is 2. The molecule has 1 heteroatoms. The molecule has 0 aliphatic heterocycles. The first-order valence-electron chi connectivity index (χ1n) is 11.4. The number of rotatable bonds is 9. The summed E-state index contributed by atoms with van der Waals surface area (Å²) in [7, 11) is 0. The molecule has 0 N–H and O–H groups in total. The van der Waals surface area contributed by atoms with E-state index in [1.54, 1.807) is 5.56 Å². The quantitative estimate of drug-likeness (QED) is 0.415. The lowest BCUT2D eigenvalue weighted by atomic mass is 9.77. The highest BCUT2D eigenvalue weighted by Crippen LogP contribution is 2.37. The lowest BCUT2D eigenvalue weighted by Gasteiger charge is -2.29. The normalized spacial score (nSPS) is 19.3. The maximum Gasteiger partial charge on any atom is 0.0991 e. The molecule has 1 fully saturated rings. The molecule has 1 nitrogen and oxygen atoms in total. The van der Waals surface area contributed by atoms with Gasteiger partial charge >= 0.3 is 0 Å². The van der Waals surface area contributed by atoms with Crippen molar-refractivity contribution in [1.29, 1.82) is 5.26 Å². The fourth-order valence-corrected chi connectivity index (χ4v) is 4.64. The smallest absolute Gasteiger partial charge is 0.0991 e. The van der Waals surface area contributed by atoms with Crippen LogP contribution in [0.2, 0.25) is 0 Å². The average molecular weight is 374 g/mol. The van der Waals surface area contributed by atoms with Gasteiger partial charge in [0.1, 0.15) is 0 Å². The second-order valence-electron chi connectivity index (χ2n) is 8.62. The lowest BCUT2D eigenvalue weighted by molar-refractivity contribution is 0.302. The summed E-state index contributed by atoms with van der Waals surface area (Å²) in [5.41, 5.74) is 5.01. The maximum atomic E-state index is 8.89. The van der Waals surface area contributed by atoms with Crippen molar-refractivity contribution in [3.63, 3.8) is 0 Å². The van der Waals surface area contributed by atoms with Crippen molar-refractivity contribution in [2.24, 2.45) is 5.92 Å². The van der Waals surface area contributed by atoms with Crippen LogP contribution in [0, 0.1) is 17.2 Å². The van der Waals surface area contributed by atoms with Gasteiger partial charge in [0.2, 0.25) is 0 Å². The van der Waals surface area contributed by atoms with E-state index in [1.165, 1.54) is 68.9 Å². The second-order valence-corrected chi connectivity index (χ2v) is 8.62. The van der Waals surface area contributed by atoms with Gasteiger partial charge in [0.05, 0.1) is 11.6 Å². The second kappa shape index (κ2) is 11.1. The predicted molar refractivity (Wildman–Crippen MR) is 118 cm³/mol. The monoisotopic (exact) mass is 373 g/mol. The molecule has 0 aromatic heterocycles. The van der Waals surface area contributed by atoms with Gasteiger partial charge in [-0.3, -0.25) is 0 Å². The minimum absolute atomic E-state index is 0.740. The molecule has 28 heavy (non-hydrogen) atoms. The highest BCUT2D eigenvalue weighted by Gasteiger charge is 2.21. The number of benzene rings is 2. The first-order chi connectivity index (χ1) is 13.8. The molecule has 0 saturated heterocycles. The van der Waals surface area contributed by atoms with E-state index < -0.39 is 0 Å². The molecule has 0 radical (unpaired) electrons. The molecule has 2 aromatic rings. The van der Waals surface area contributed by atoms with Crippen LogP contribution < -0.4 is 0 Å². The van der Waals surface area contributed by atoms with Crippen molar-refractivity contribution in [2.75, 3.05) is 0 Å². The molecule has 0 bridgehead atoms. The molecule has 0 heterocycles. The van der Waals surface area contributed by atoms with Gasteiger partial charge < -0.3 is 0 Å². The zero-order valence-corrected chi connectivity index (χ0v) is 17.5. The first-order valence-corrected chi connectivity index (χ1v) is 11.4. The van der Waals surface area contributed by atoms with E-state index in [0.717, 1.165) is 30.2 Å². The molecule has 0 spiro atoms. The van der Waals surface area contributed by atoms with E-state index >= 15 is 0 Å². The van der Waals surface area contributed by atoms with Crippen LogP contribution in [0.15, 0.2) is 48.5 Å².